The highest BCUT2D eigenvalue weighted by molar-refractivity contribution is 5.72. The van der Waals surface area contributed by atoms with E-state index < -0.39 is 18.1 Å². The number of esters is 2. The zero-order valence-electron chi connectivity index (χ0n) is 32.8. The van der Waals surface area contributed by atoms with Gasteiger partial charge in [0.15, 0.2) is 12.1 Å². The summed E-state index contributed by atoms with van der Waals surface area (Å²) in [4.78, 5) is 36.8. The van der Waals surface area contributed by atoms with Crippen molar-refractivity contribution < 1.29 is 38.2 Å². The van der Waals surface area contributed by atoms with Gasteiger partial charge in [-0.05, 0) is 32.1 Å². The molecule has 8 nitrogen and oxygen atoms in total. The fraction of sp³-hybridized carbons (Fsp3) is 0.651. The molecule has 1 N–H and O–H groups in total. The molecule has 0 aromatic rings. The lowest BCUT2D eigenvalue weighted by Crippen LogP contribution is -2.50. The number of ether oxygens (including phenoxy) is 3. The van der Waals surface area contributed by atoms with Crippen molar-refractivity contribution in [3.8, 4) is 0 Å². The van der Waals surface area contributed by atoms with Crippen LogP contribution in [0.4, 0.5) is 0 Å². The van der Waals surface area contributed by atoms with E-state index in [0.29, 0.717) is 19.3 Å². The summed E-state index contributed by atoms with van der Waals surface area (Å²) in [5, 5.41) is 9.58. The van der Waals surface area contributed by atoms with Crippen molar-refractivity contribution in [2.75, 3.05) is 41.0 Å². The third-order valence-corrected chi connectivity index (χ3v) is 8.28. The van der Waals surface area contributed by atoms with Crippen LogP contribution in [0.2, 0.25) is 0 Å². The van der Waals surface area contributed by atoms with Gasteiger partial charge < -0.3 is 23.8 Å². The van der Waals surface area contributed by atoms with Crippen molar-refractivity contribution in [1.82, 2.24) is 0 Å². The first-order valence-corrected chi connectivity index (χ1v) is 19.6. The Labute approximate surface area is 311 Å². The molecule has 51 heavy (non-hydrogen) atoms. The Balaban J connectivity index is 4.54. The first-order valence-electron chi connectivity index (χ1n) is 19.6. The largest absolute Gasteiger partial charge is 0.477 e. The van der Waals surface area contributed by atoms with E-state index in [4.69, 9.17) is 14.2 Å². The fourth-order valence-electron chi connectivity index (χ4n) is 5.24. The highest BCUT2D eigenvalue weighted by atomic mass is 16.6. The average Bonchev–Trinajstić information content (AvgIpc) is 3.08. The van der Waals surface area contributed by atoms with Crippen LogP contribution >= 0.6 is 0 Å². The van der Waals surface area contributed by atoms with Gasteiger partial charge in [-0.25, -0.2) is 4.79 Å². The van der Waals surface area contributed by atoms with Gasteiger partial charge in [-0.1, -0.05) is 151 Å². The lowest BCUT2D eigenvalue weighted by Gasteiger charge is -2.31. The smallest absolute Gasteiger partial charge is 0.362 e. The lowest BCUT2D eigenvalue weighted by molar-refractivity contribution is -0.887. The summed E-state index contributed by atoms with van der Waals surface area (Å²) in [6.45, 7) is 4.50. The van der Waals surface area contributed by atoms with Crippen molar-refractivity contribution in [2.24, 2.45) is 0 Å². The molecule has 0 radical (unpaired) electrons. The van der Waals surface area contributed by atoms with E-state index >= 15 is 0 Å². The van der Waals surface area contributed by atoms with Gasteiger partial charge in [0, 0.05) is 19.3 Å². The number of carbonyl (C=O) groups is 3. The number of rotatable bonds is 33. The number of allylic oxidation sites excluding steroid dienone is 12. The number of unbranched alkanes of at least 4 members (excludes halogenated alkanes) is 12. The molecule has 0 saturated heterocycles. The molecule has 0 amide bonds. The summed E-state index contributed by atoms with van der Waals surface area (Å²) in [5.74, 6) is -1.54. The summed E-state index contributed by atoms with van der Waals surface area (Å²) in [7, 11) is 5.49. The average molecular weight is 715 g/mol. The third kappa shape index (κ3) is 32.4. The van der Waals surface area contributed by atoms with Crippen molar-refractivity contribution >= 4 is 17.9 Å². The molecule has 0 aromatic carbocycles. The van der Waals surface area contributed by atoms with Crippen LogP contribution in [0.25, 0.3) is 0 Å². The Bertz CT molecular complexity index is 1060. The van der Waals surface area contributed by atoms with Gasteiger partial charge in [-0.15, -0.1) is 0 Å². The highest BCUT2D eigenvalue weighted by Gasteiger charge is 2.31. The predicted molar refractivity (Wildman–Crippen MR) is 210 cm³/mol. The number of carboxylic acid groups (broad SMARTS) is 1. The van der Waals surface area contributed by atoms with E-state index in [0.717, 1.165) is 44.9 Å². The van der Waals surface area contributed by atoms with E-state index in [-0.39, 0.29) is 42.7 Å². The van der Waals surface area contributed by atoms with E-state index in [9.17, 15) is 19.5 Å². The van der Waals surface area contributed by atoms with Crippen LogP contribution in [0.3, 0.4) is 0 Å². The summed E-state index contributed by atoms with van der Waals surface area (Å²) < 4.78 is 17.1. The lowest BCUT2D eigenvalue weighted by atomic mass is 10.1. The zero-order valence-corrected chi connectivity index (χ0v) is 32.8. The van der Waals surface area contributed by atoms with Crippen molar-refractivity contribution in [3.63, 3.8) is 0 Å². The Morgan fingerprint density at radius 2 is 1.10 bits per heavy atom. The summed E-state index contributed by atoms with van der Waals surface area (Å²) >= 11 is 0. The van der Waals surface area contributed by atoms with Crippen LogP contribution in [0.5, 0.6) is 0 Å². The minimum absolute atomic E-state index is 0.0399. The van der Waals surface area contributed by atoms with Crippen LogP contribution in [-0.4, -0.2) is 80.6 Å². The molecule has 8 heteroatoms. The van der Waals surface area contributed by atoms with E-state index in [1.165, 1.54) is 44.9 Å². The van der Waals surface area contributed by atoms with Crippen molar-refractivity contribution in [2.45, 2.75) is 142 Å². The Morgan fingerprint density at radius 3 is 1.63 bits per heavy atom. The van der Waals surface area contributed by atoms with Gasteiger partial charge in [0.2, 0.25) is 0 Å². The van der Waals surface area contributed by atoms with E-state index in [2.05, 4.69) is 26.0 Å². The molecule has 0 fully saturated rings. The van der Waals surface area contributed by atoms with Crippen LogP contribution in [0, 0.1) is 0 Å². The number of nitrogens with zero attached hydrogens (tertiary/aromatic N) is 1. The van der Waals surface area contributed by atoms with Crippen LogP contribution in [-0.2, 0) is 28.6 Å². The topological polar surface area (TPSA) is 99.1 Å². The van der Waals surface area contributed by atoms with Gasteiger partial charge in [0.05, 0.1) is 34.4 Å². The third-order valence-electron chi connectivity index (χ3n) is 8.28. The SMILES string of the molecule is CC/C=C/C=C/C=C/C=C/C=C/C=C/CCCCCC(=O)OC(COCCC(C(=O)O)[N+](C)(C)C)COC(=O)CCCCCCCCCCCC. The molecular weight excluding hydrogens is 642 g/mol. The van der Waals surface area contributed by atoms with E-state index in [1.807, 2.05) is 81.9 Å². The molecular formula is C43H72NO7+. The van der Waals surface area contributed by atoms with Crippen LogP contribution in [0.1, 0.15) is 129 Å². The molecule has 0 spiro atoms. The molecule has 2 unspecified atom stereocenters. The van der Waals surface area contributed by atoms with Crippen LogP contribution < -0.4 is 0 Å². The van der Waals surface area contributed by atoms with E-state index in [1.54, 1.807) is 0 Å². The quantitative estimate of drug-likeness (QED) is 0.0313. The second-order valence-electron chi connectivity index (χ2n) is 14.0. The molecule has 0 rings (SSSR count). The Kier molecular flexibility index (Phi) is 31.7. The minimum Gasteiger partial charge on any atom is -0.477 e. The van der Waals surface area contributed by atoms with Gasteiger partial charge in [0.1, 0.15) is 6.61 Å². The number of likely N-dealkylation sites (N-methyl/N-ethyl adjacent to an activating group) is 1. The van der Waals surface area contributed by atoms with Crippen LogP contribution in [0.15, 0.2) is 72.9 Å². The van der Waals surface area contributed by atoms with Gasteiger partial charge in [0.25, 0.3) is 0 Å². The second-order valence-corrected chi connectivity index (χ2v) is 14.0. The Morgan fingerprint density at radius 1 is 0.608 bits per heavy atom. The van der Waals surface area contributed by atoms with Gasteiger partial charge >= 0.3 is 17.9 Å². The monoisotopic (exact) mass is 715 g/mol. The molecule has 0 bridgehead atoms. The minimum atomic E-state index is -0.887. The fourth-order valence-corrected chi connectivity index (χ4v) is 5.24. The maximum Gasteiger partial charge on any atom is 0.362 e. The molecule has 0 aliphatic carbocycles. The summed E-state index contributed by atoms with van der Waals surface area (Å²) in [5.41, 5.74) is 0. The highest BCUT2D eigenvalue weighted by Crippen LogP contribution is 2.13. The number of carbonyl (C=O) groups excluding carboxylic acids is 2. The number of quaternary nitrogens is 1. The first-order chi connectivity index (χ1) is 24.6. The zero-order chi connectivity index (χ0) is 37.8. The molecule has 0 heterocycles. The Hall–Kier alpha value is -3.23. The van der Waals surface area contributed by atoms with Crippen molar-refractivity contribution in [3.05, 3.63) is 72.9 Å². The molecule has 0 aromatic heterocycles. The standard InChI is InChI=1S/C43H71NO7/c1-6-8-10-12-14-16-18-19-20-21-22-23-24-26-28-30-32-34-42(46)51-39(37-49-36-35-40(43(47)48)44(3,4)5)38-50-41(45)33-31-29-27-25-17-15-13-11-9-7-2/h8,10,12,14,16,18-24,39-40H,6-7,9,11,13,15,17,25-38H2,1-5H3/p+1/b10-8+,14-12+,18-16+,20-19+,22-21+,24-23+. The number of carboxylic acids is 1. The molecule has 2 atom stereocenters. The maximum absolute atomic E-state index is 12.7. The molecule has 0 saturated carbocycles. The van der Waals surface area contributed by atoms with Crippen molar-refractivity contribution in [1.29, 1.82) is 0 Å². The summed E-state index contributed by atoms with van der Waals surface area (Å²) in [6, 6.07) is -0.624. The number of hydrogen-bond acceptors (Lipinski definition) is 6. The summed E-state index contributed by atoms with van der Waals surface area (Å²) in [6.07, 6.45) is 40.8. The normalized spacial score (nSPS) is 13.8. The molecule has 0 aliphatic rings. The molecule has 0 aliphatic heterocycles. The van der Waals surface area contributed by atoms with Gasteiger partial charge in [-0.3, -0.25) is 9.59 Å². The first kappa shape index (κ1) is 47.8. The number of hydrogen-bond donors (Lipinski definition) is 1. The second kappa shape index (κ2) is 33.9. The number of aliphatic carboxylic acids is 1. The predicted octanol–water partition coefficient (Wildman–Crippen LogP) is 10.0. The molecule has 290 valence electrons. The van der Waals surface area contributed by atoms with Gasteiger partial charge in [-0.2, -0.15) is 0 Å². The maximum atomic E-state index is 12.7.